The van der Waals surface area contributed by atoms with Gasteiger partial charge in [-0.05, 0) is 199 Å². The lowest BCUT2D eigenvalue weighted by Crippen LogP contribution is -2.14. The van der Waals surface area contributed by atoms with Crippen LogP contribution in [0.3, 0.4) is 0 Å². The molecule has 0 N–H and O–H groups in total. The number of benzene rings is 10. The highest BCUT2D eigenvalue weighted by Crippen LogP contribution is 2.51. The summed E-state index contributed by atoms with van der Waals surface area (Å²) in [6.45, 7) is 2.34. The van der Waals surface area contributed by atoms with E-state index >= 15 is 0 Å². The van der Waals surface area contributed by atoms with E-state index in [2.05, 4.69) is 211 Å². The second-order valence-electron chi connectivity index (χ2n) is 20.6. The van der Waals surface area contributed by atoms with Crippen molar-refractivity contribution in [2.45, 2.75) is 89.4 Å². The van der Waals surface area contributed by atoms with Gasteiger partial charge in [-0.1, -0.05) is 167 Å². The first-order valence-electron chi connectivity index (χ1n) is 26.0. The highest BCUT2D eigenvalue weighted by molar-refractivity contribution is 6.10. The number of rotatable bonds is 8. The Morgan fingerprint density at radius 3 is 1.17 bits per heavy atom. The van der Waals surface area contributed by atoms with Gasteiger partial charge in [0.15, 0.2) is 0 Å². The van der Waals surface area contributed by atoms with Crippen LogP contribution in [-0.2, 0) is 6.42 Å². The summed E-state index contributed by atoms with van der Waals surface area (Å²) in [6, 6.07) is 69.8. The number of nitrogens with zero attached hydrogens (tertiary/aromatic N) is 2. The molecule has 338 valence electrons. The smallest absolute Gasteiger partial charge is 0.0468 e. The van der Waals surface area contributed by atoms with E-state index in [1.807, 2.05) is 0 Å². The number of allylic oxidation sites excluding steroid dienone is 1. The predicted molar refractivity (Wildman–Crippen MR) is 297 cm³/mol. The third-order valence-electron chi connectivity index (χ3n) is 16.2. The van der Waals surface area contributed by atoms with Gasteiger partial charge in [-0.2, -0.15) is 0 Å². The summed E-state index contributed by atoms with van der Waals surface area (Å²) in [4.78, 5) is 5.07. The second-order valence-corrected chi connectivity index (χ2v) is 20.6. The number of anilines is 6. The van der Waals surface area contributed by atoms with E-state index in [1.165, 1.54) is 163 Å². The van der Waals surface area contributed by atoms with Crippen LogP contribution < -0.4 is 9.80 Å². The first-order valence-corrected chi connectivity index (χ1v) is 26.0. The van der Waals surface area contributed by atoms with Crippen molar-refractivity contribution in [3.63, 3.8) is 0 Å². The number of hydrogen-bond acceptors (Lipinski definition) is 2. The fourth-order valence-corrected chi connectivity index (χ4v) is 12.8. The van der Waals surface area contributed by atoms with Crippen LogP contribution in [0, 0.1) is 5.92 Å². The molecule has 2 fully saturated rings. The zero-order valence-corrected chi connectivity index (χ0v) is 39.9. The molecule has 3 aliphatic rings. The maximum atomic E-state index is 2.62. The van der Waals surface area contributed by atoms with Gasteiger partial charge in [0.05, 0.1) is 0 Å². The van der Waals surface area contributed by atoms with Crippen molar-refractivity contribution in [1.29, 1.82) is 0 Å². The van der Waals surface area contributed by atoms with Crippen molar-refractivity contribution in [2.24, 2.45) is 5.92 Å². The topological polar surface area (TPSA) is 6.48 Å². The molecule has 0 aromatic heterocycles. The molecule has 0 saturated heterocycles. The molecular weight excluding hydrogens is 833 g/mol. The molecule has 1 unspecified atom stereocenters. The molecule has 0 radical (unpaired) electrons. The summed E-state index contributed by atoms with van der Waals surface area (Å²) in [6.07, 6.45) is 18.5. The third kappa shape index (κ3) is 7.75. The fourth-order valence-electron chi connectivity index (χ4n) is 12.8. The summed E-state index contributed by atoms with van der Waals surface area (Å²) >= 11 is 0. The van der Waals surface area contributed by atoms with Gasteiger partial charge in [-0.25, -0.2) is 0 Å². The minimum absolute atomic E-state index is 0.507. The fraction of sp³-hybridized carbons (Fsp3) is 0.224. The van der Waals surface area contributed by atoms with Gasteiger partial charge in [0.2, 0.25) is 0 Å². The normalized spacial score (nSPS) is 16.7. The van der Waals surface area contributed by atoms with Crippen LogP contribution in [0.2, 0.25) is 0 Å². The average molecular weight is 893 g/mol. The van der Waals surface area contributed by atoms with Gasteiger partial charge < -0.3 is 9.80 Å². The summed E-state index contributed by atoms with van der Waals surface area (Å²) in [7, 11) is 0. The maximum absolute atomic E-state index is 2.62. The lowest BCUT2D eigenvalue weighted by Gasteiger charge is -2.32. The van der Waals surface area contributed by atoms with Gasteiger partial charge in [0, 0.05) is 34.1 Å². The Morgan fingerprint density at radius 2 is 0.725 bits per heavy atom. The molecule has 0 aliphatic heterocycles. The van der Waals surface area contributed by atoms with Crippen molar-refractivity contribution in [2.75, 3.05) is 9.80 Å². The molecule has 13 rings (SSSR count). The Labute approximate surface area is 407 Å². The van der Waals surface area contributed by atoms with Crippen molar-refractivity contribution < 1.29 is 0 Å². The molecule has 0 heterocycles. The highest BCUT2D eigenvalue weighted by Gasteiger charge is 2.29. The lowest BCUT2D eigenvalue weighted by atomic mass is 9.74. The van der Waals surface area contributed by atoms with Crippen LogP contribution in [-0.4, -0.2) is 0 Å². The van der Waals surface area contributed by atoms with E-state index in [9.17, 15) is 0 Å². The summed E-state index contributed by atoms with van der Waals surface area (Å²) in [5.74, 6) is 1.54. The van der Waals surface area contributed by atoms with Crippen molar-refractivity contribution in [3.05, 3.63) is 210 Å². The molecular formula is C67H60N2. The van der Waals surface area contributed by atoms with Gasteiger partial charge in [-0.3, -0.25) is 0 Å². The van der Waals surface area contributed by atoms with Crippen LogP contribution in [0.25, 0.3) is 59.9 Å². The van der Waals surface area contributed by atoms with E-state index < -0.39 is 0 Å². The van der Waals surface area contributed by atoms with Gasteiger partial charge in [0.25, 0.3) is 0 Å². The van der Waals surface area contributed by atoms with E-state index in [0.717, 1.165) is 6.42 Å². The molecule has 1 atom stereocenters. The van der Waals surface area contributed by atoms with E-state index in [4.69, 9.17) is 0 Å². The van der Waals surface area contributed by atoms with Gasteiger partial charge in [-0.15, -0.1) is 0 Å². The summed E-state index contributed by atoms with van der Waals surface area (Å²) < 4.78 is 0. The Bertz CT molecular complexity index is 3520. The first kappa shape index (κ1) is 42.0. The molecule has 0 bridgehead atoms. The largest absolute Gasteiger partial charge is 0.310 e. The summed E-state index contributed by atoms with van der Waals surface area (Å²) in [5.41, 5.74) is 13.2. The van der Waals surface area contributed by atoms with Crippen molar-refractivity contribution in [3.8, 4) is 0 Å². The number of fused-ring (bicyclic) bond motifs is 6. The third-order valence-corrected chi connectivity index (χ3v) is 16.2. The van der Waals surface area contributed by atoms with Crippen LogP contribution >= 0.6 is 0 Å². The molecule has 0 spiro atoms. The molecule has 2 heteroatoms. The molecule has 2 saturated carbocycles. The Hall–Kier alpha value is -7.16. The molecule has 3 aliphatic carbocycles. The zero-order chi connectivity index (χ0) is 45.8. The second kappa shape index (κ2) is 17.7. The zero-order valence-electron chi connectivity index (χ0n) is 39.9. The quantitative estimate of drug-likeness (QED) is 0.140. The maximum Gasteiger partial charge on any atom is 0.0468 e. The first-order chi connectivity index (χ1) is 34.1. The van der Waals surface area contributed by atoms with Crippen molar-refractivity contribution in [1.82, 2.24) is 0 Å². The van der Waals surface area contributed by atoms with Crippen LogP contribution in [0.15, 0.2) is 188 Å². The summed E-state index contributed by atoms with van der Waals surface area (Å²) in [5, 5.41) is 13.4. The minimum atomic E-state index is 0.507. The molecule has 10 aromatic carbocycles. The van der Waals surface area contributed by atoms with Crippen LogP contribution in [0.1, 0.15) is 105 Å². The Morgan fingerprint density at radius 1 is 0.348 bits per heavy atom. The van der Waals surface area contributed by atoms with Gasteiger partial charge in [0.1, 0.15) is 0 Å². The van der Waals surface area contributed by atoms with Gasteiger partial charge >= 0.3 is 0 Å². The molecule has 0 amide bonds. The van der Waals surface area contributed by atoms with E-state index in [0.29, 0.717) is 17.8 Å². The monoisotopic (exact) mass is 892 g/mol. The Balaban J connectivity index is 1.06. The predicted octanol–water partition coefficient (Wildman–Crippen LogP) is 19.7. The van der Waals surface area contributed by atoms with Crippen LogP contribution in [0.5, 0.6) is 0 Å². The minimum Gasteiger partial charge on any atom is -0.310 e. The SMILES string of the molecule is CC1C=Cc2ccc(N(c3ccc4ccccc4c3)c3ccc4c(C5CCCCC5)c5cc(N(c6ccc7ccccc7c6)c6ccc7ccccc7c6)ccc5c(C5CCCCC5)c4c3)cc2C1. The Kier molecular flexibility index (Phi) is 10.8. The standard InChI is InChI=1S/C67H60N2/c1-45-24-25-49-29-33-59(42-55(49)38-45)69(58-32-28-48-16-10-13-23-54(48)41-58)61-35-37-63-65(44-61)67(51-19-6-3-7-20-51)62-36-34-60(43-64(62)66(63)50-17-4-2-5-18-50)68(56-30-26-46-14-8-11-21-52(46)39-56)57-31-27-47-15-9-12-22-53(47)40-57/h8-16,21-37,39-45,50-51H,2-7,17-20,38H2,1H3. The van der Waals surface area contributed by atoms with E-state index in [1.54, 1.807) is 11.1 Å². The molecule has 10 aromatic rings. The molecule has 69 heavy (non-hydrogen) atoms. The highest BCUT2D eigenvalue weighted by atomic mass is 15.1. The number of hydrogen-bond donors (Lipinski definition) is 0. The van der Waals surface area contributed by atoms with Crippen LogP contribution in [0.4, 0.5) is 34.1 Å². The van der Waals surface area contributed by atoms with E-state index in [-0.39, 0.29) is 0 Å². The molecule has 2 nitrogen and oxygen atoms in total. The average Bonchev–Trinajstić information content (AvgIpc) is 3.40. The van der Waals surface area contributed by atoms with Crippen molar-refractivity contribution >= 4 is 94.1 Å². The lowest BCUT2D eigenvalue weighted by molar-refractivity contribution is 0.445.